The molecule has 6 heteroatoms. The van der Waals surface area contributed by atoms with Crippen molar-refractivity contribution < 1.29 is 0 Å². The first-order chi connectivity index (χ1) is 13.2. The fourth-order valence-electron chi connectivity index (χ4n) is 3.49. The van der Waals surface area contributed by atoms with Crippen LogP contribution >= 0.6 is 23.2 Å². The van der Waals surface area contributed by atoms with Crippen LogP contribution in [0.2, 0.25) is 24.9 Å². The zero-order valence-electron chi connectivity index (χ0n) is 17.3. The van der Waals surface area contributed by atoms with Gasteiger partial charge in [-0.05, 0) is 0 Å². The Morgan fingerprint density at radius 2 is 1.82 bits per heavy atom. The molecule has 0 saturated heterocycles. The van der Waals surface area contributed by atoms with E-state index in [9.17, 15) is 0 Å². The average molecular weight is 525 g/mol. The Hall–Kier alpha value is -0.751. The van der Waals surface area contributed by atoms with Crippen LogP contribution in [-0.2, 0) is 0 Å². The zero-order chi connectivity index (χ0) is 20.5. The van der Waals surface area contributed by atoms with Crippen molar-refractivity contribution in [2.24, 2.45) is 0 Å². The topological polar surface area (TPSA) is 29.3 Å². The van der Waals surface area contributed by atoms with Gasteiger partial charge in [0.1, 0.15) is 0 Å². The number of pyridine rings is 1. The maximum absolute atomic E-state index is 6.48. The molecule has 2 aromatic heterocycles. The number of aromatic nitrogens is 2. The van der Waals surface area contributed by atoms with Gasteiger partial charge in [0.15, 0.2) is 0 Å². The number of hydrogen-bond donors (Lipinski definition) is 1. The standard InChI is InChI=1S/C19H20Cl2N3.3CH3.Sn/c1-3-9-22-11-13(2)18-17(14-7-5-4-6-8-14)23-19-16(21)10-15(20)12-24(18)19;;;;/h5-8,10,12-13,22H,3,9,11H2,1-2H3;3*1H3;. The molecule has 1 unspecified atom stereocenters. The summed E-state index contributed by atoms with van der Waals surface area (Å²) in [6.07, 6.45) is 3.04. The Kier molecular flexibility index (Phi) is 7.01. The third-order valence-electron chi connectivity index (χ3n) is 5.05. The van der Waals surface area contributed by atoms with E-state index in [4.69, 9.17) is 28.2 Å². The van der Waals surface area contributed by atoms with E-state index in [-0.39, 0.29) is 5.92 Å². The molecule has 1 atom stereocenters. The predicted molar refractivity (Wildman–Crippen MR) is 125 cm³/mol. The molecule has 0 bridgehead atoms. The van der Waals surface area contributed by atoms with Crippen LogP contribution in [0.1, 0.15) is 31.9 Å². The molecule has 0 fully saturated rings. The second-order valence-corrected chi connectivity index (χ2v) is 23.8. The predicted octanol–water partition coefficient (Wildman–Crippen LogP) is 5.96. The molecular formula is C22H29Cl2N3Sn. The van der Waals surface area contributed by atoms with Gasteiger partial charge in [-0.15, -0.1) is 0 Å². The first-order valence-electron chi connectivity index (χ1n) is 9.91. The number of hydrogen-bond acceptors (Lipinski definition) is 2. The second kappa shape index (κ2) is 8.95. The van der Waals surface area contributed by atoms with Crippen LogP contribution in [-0.4, -0.2) is 40.9 Å². The molecule has 28 heavy (non-hydrogen) atoms. The molecule has 3 aromatic rings. The quantitative estimate of drug-likeness (QED) is 0.305. The monoisotopic (exact) mass is 525 g/mol. The van der Waals surface area contributed by atoms with Gasteiger partial charge in [-0.2, -0.15) is 0 Å². The SMILES string of the molecule is CCCNCC(C)c1c(-c2cc[c]([Sn]([CH3])([CH3])[CH3])cc2)nc2c(Cl)cc(Cl)cn12. The fraction of sp³-hybridized carbons (Fsp3) is 0.409. The zero-order valence-corrected chi connectivity index (χ0v) is 21.7. The van der Waals surface area contributed by atoms with Crippen LogP contribution in [0, 0.1) is 0 Å². The van der Waals surface area contributed by atoms with E-state index >= 15 is 0 Å². The number of benzene rings is 1. The number of halogens is 2. The third-order valence-corrected chi connectivity index (χ3v) is 11.4. The molecule has 1 aromatic carbocycles. The van der Waals surface area contributed by atoms with Gasteiger partial charge < -0.3 is 0 Å². The van der Waals surface area contributed by atoms with Crippen molar-refractivity contribution >= 4 is 50.8 Å². The van der Waals surface area contributed by atoms with Gasteiger partial charge in [-0.25, -0.2) is 0 Å². The van der Waals surface area contributed by atoms with Crippen LogP contribution in [0.25, 0.3) is 16.9 Å². The van der Waals surface area contributed by atoms with Gasteiger partial charge >= 0.3 is 183 Å². The van der Waals surface area contributed by atoms with Gasteiger partial charge in [-0.3, -0.25) is 0 Å². The molecule has 0 aliphatic carbocycles. The molecule has 0 spiro atoms. The van der Waals surface area contributed by atoms with Gasteiger partial charge in [-0.1, -0.05) is 0 Å². The van der Waals surface area contributed by atoms with Crippen molar-refractivity contribution in [1.82, 2.24) is 14.7 Å². The number of nitrogens with zero attached hydrogens (tertiary/aromatic N) is 2. The van der Waals surface area contributed by atoms with Crippen LogP contribution in [0.4, 0.5) is 0 Å². The molecular weight excluding hydrogens is 496 g/mol. The van der Waals surface area contributed by atoms with E-state index < -0.39 is 18.4 Å². The van der Waals surface area contributed by atoms with Crippen molar-refractivity contribution in [1.29, 1.82) is 0 Å². The molecule has 0 amide bonds. The molecule has 0 saturated carbocycles. The second-order valence-electron chi connectivity index (χ2n) is 8.48. The van der Waals surface area contributed by atoms with Gasteiger partial charge in [0.05, 0.1) is 0 Å². The van der Waals surface area contributed by atoms with E-state index in [1.165, 1.54) is 3.58 Å². The number of fused-ring (bicyclic) bond motifs is 1. The van der Waals surface area contributed by atoms with Crippen LogP contribution in [0.5, 0.6) is 0 Å². The van der Waals surface area contributed by atoms with Gasteiger partial charge in [0.2, 0.25) is 0 Å². The number of nitrogens with one attached hydrogen (secondary N) is 1. The summed E-state index contributed by atoms with van der Waals surface area (Å²) in [5.74, 6) is 0.271. The summed E-state index contributed by atoms with van der Waals surface area (Å²) in [5, 5.41) is 4.72. The minimum absolute atomic E-state index is 0.271. The van der Waals surface area contributed by atoms with Crippen molar-refractivity contribution in [3.8, 4) is 11.3 Å². The summed E-state index contributed by atoms with van der Waals surface area (Å²) in [6, 6.07) is 10.8. The molecule has 150 valence electrons. The van der Waals surface area contributed by atoms with Crippen LogP contribution in [0.3, 0.4) is 0 Å². The van der Waals surface area contributed by atoms with E-state index in [2.05, 4.69) is 62.6 Å². The van der Waals surface area contributed by atoms with Gasteiger partial charge in [0.25, 0.3) is 0 Å². The third kappa shape index (κ3) is 4.69. The van der Waals surface area contributed by atoms with Crippen molar-refractivity contribution in [3.63, 3.8) is 0 Å². The summed E-state index contributed by atoms with van der Waals surface area (Å²) >= 11 is 10.7. The molecule has 3 rings (SSSR count). The first kappa shape index (κ1) is 21.9. The normalized spacial score (nSPS) is 13.2. The summed E-state index contributed by atoms with van der Waals surface area (Å²) in [6.45, 7) is 6.30. The molecule has 0 radical (unpaired) electrons. The van der Waals surface area contributed by atoms with Crippen molar-refractivity contribution in [2.75, 3.05) is 13.1 Å². The Bertz CT molecular complexity index is 959. The number of rotatable bonds is 7. The molecule has 2 heterocycles. The van der Waals surface area contributed by atoms with Crippen molar-refractivity contribution in [2.45, 2.75) is 41.0 Å². The van der Waals surface area contributed by atoms with E-state index in [1.54, 1.807) is 6.07 Å². The van der Waals surface area contributed by atoms with E-state index in [0.717, 1.165) is 42.1 Å². The first-order valence-corrected chi connectivity index (χ1v) is 20.7. The average Bonchev–Trinajstić information content (AvgIpc) is 3.01. The Labute approximate surface area is 182 Å². The summed E-state index contributed by atoms with van der Waals surface area (Å²) < 4.78 is 3.58. The summed E-state index contributed by atoms with van der Waals surface area (Å²) in [4.78, 5) is 12.2. The molecule has 0 aliphatic heterocycles. The fourth-order valence-corrected chi connectivity index (χ4v) is 7.34. The van der Waals surface area contributed by atoms with E-state index in [0.29, 0.717) is 10.0 Å². The maximum atomic E-state index is 6.48. The Morgan fingerprint density at radius 1 is 1.14 bits per heavy atom. The summed E-state index contributed by atoms with van der Waals surface area (Å²) in [5.41, 5.74) is 4.03. The van der Waals surface area contributed by atoms with Crippen LogP contribution < -0.4 is 8.90 Å². The molecule has 0 aliphatic rings. The van der Waals surface area contributed by atoms with Crippen LogP contribution in [0.15, 0.2) is 36.5 Å². The summed E-state index contributed by atoms with van der Waals surface area (Å²) in [7, 11) is 0. The molecule has 3 nitrogen and oxygen atoms in total. The van der Waals surface area contributed by atoms with E-state index in [1.807, 2.05) is 6.20 Å². The molecule has 1 N–H and O–H groups in total. The Morgan fingerprint density at radius 3 is 2.43 bits per heavy atom. The Balaban J connectivity index is 2.12. The van der Waals surface area contributed by atoms with Crippen molar-refractivity contribution in [3.05, 3.63) is 52.3 Å². The number of imidazole rings is 1. The van der Waals surface area contributed by atoms with Gasteiger partial charge in [0, 0.05) is 0 Å². The minimum atomic E-state index is -2.08.